The molecule has 0 unspecified atom stereocenters. The Balaban J connectivity index is 1.74. The molecule has 0 aliphatic rings. The van der Waals surface area contributed by atoms with Crippen LogP contribution in [0.3, 0.4) is 0 Å². The lowest BCUT2D eigenvalue weighted by molar-refractivity contribution is 0.0950. The first-order valence-corrected chi connectivity index (χ1v) is 9.40. The van der Waals surface area contributed by atoms with Crippen molar-refractivity contribution < 1.29 is 14.3 Å². The second-order valence-electron chi connectivity index (χ2n) is 6.03. The van der Waals surface area contributed by atoms with Gasteiger partial charge in [-0.25, -0.2) is 0 Å². The molecule has 0 heterocycles. The highest BCUT2D eigenvalue weighted by molar-refractivity contribution is 6.43. The summed E-state index contributed by atoms with van der Waals surface area (Å²) in [5.41, 5.74) is 2.17. The summed E-state index contributed by atoms with van der Waals surface area (Å²) in [4.78, 5) is 12.5. The van der Waals surface area contributed by atoms with Crippen LogP contribution in [-0.2, 0) is 13.2 Å². The SMILES string of the molecule is COc1ccc(OCc2ccccc2)c(CNC(=O)c2cccc(Cl)c2Cl)c1. The second-order valence-corrected chi connectivity index (χ2v) is 6.82. The molecule has 0 radical (unpaired) electrons. The third kappa shape index (κ3) is 4.97. The second kappa shape index (κ2) is 9.49. The first kappa shape index (κ1) is 20.1. The van der Waals surface area contributed by atoms with E-state index in [9.17, 15) is 4.79 Å². The summed E-state index contributed by atoms with van der Waals surface area (Å²) < 4.78 is 11.2. The van der Waals surface area contributed by atoms with Crippen LogP contribution < -0.4 is 14.8 Å². The highest BCUT2D eigenvalue weighted by Gasteiger charge is 2.14. The van der Waals surface area contributed by atoms with Gasteiger partial charge in [0, 0.05) is 12.1 Å². The molecule has 1 N–H and O–H groups in total. The first-order chi connectivity index (χ1) is 13.6. The number of amides is 1. The Bertz CT molecular complexity index is 961. The van der Waals surface area contributed by atoms with Crippen LogP contribution in [0.15, 0.2) is 66.7 Å². The zero-order chi connectivity index (χ0) is 19.9. The molecule has 28 heavy (non-hydrogen) atoms. The number of benzene rings is 3. The number of carbonyl (C=O) groups excluding carboxylic acids is 1. The van der Waals surface area contributed by atoms with E-state index in [2.05, 4.69) is 5.32 Å². The Hall–Kier alpha value is -2.69. The highest BCUT2D eigenvalue weighted by Crippen LogP contribution is 2.27. The quantitative estimate of drug-likeness (QED) is 0.553. The molecule has 0 aliphatic heterocycles. The predicted octanol–water partition coefficient (Wildman–Crippen LogP) is 5.51. The minimum absolute atomic E-state index is 0.229. The highest BCUT2D eigenvalue weighted by atomic mass is 35.5. The molecule has 3 aromatic rings. The molecule has 0 fully saturated rings. The molecular weight excluding hydrogens is 397 g/mol. The average Bonchev–Trinajstić information content (AvgIpc) is 2.73. The molecule has 0 bridgehead atoms. The molecule has 144 valence electrons. The Morgan fingerprint density at radius 2 is 1.79 bits per heavy atom. The molecule has 1 amide bonds. The van der Waals surface area contributed by atoms with E-state index >= 15 is 0 Å². The fourth-order valence-electron chi connectivity index (χ4n) is 2.65. The smallest absolute Gasteiger partial charge is 0.253 e. The summed E-state index contributed by atoms with van der Waals surface area (Å²) >= 11 is 12.1. The molecule has 0 saturated carbocycles. The lowest BCUT2D eigenvalue weighted by atomic mass is 10.1. The Labute approximate surface area is 174 Å². The average molecular weight is 416 g/mol. The van der Waals surface area contributed by atoms with E-state index in [1.165, 1.54) is 0 Å². The van der Waals surface area contributed by atoms with E-state index in [1.54, 1.807) is 25.3 Å². The van der Waals surface area contributed by atoms with Gasteiger partial charge in [0.25, 0.3) is 5.91 Å². The van der Waals surface area contributed by atoms with E-state index < -0.39 is 0 Å². The largest absolute Gasteiger partial charge is 0.497 e. The zero-order valence-corrected chi connectivity index (χ0v) is 16.8. The van der Waals surface area contributed by atoms with Crippen molar-refractivity contribution in [2.24, 2.45) is 0 Å². The summed E-state index contributed by atoms with van der Waals surface area (Å²) in [5.74, 6) is 1.03. The zero-order valence-electron chi connectivity index (χ0n) is 15.2. The Kier molecular flexibility index (Phi) is 6.80. The maximum absolute atomic E-state index is 12.5. The maximum Gasteiger partial charge on any atom is 0.253 e. The fourth-order valence-corrected chi connectivity index (χ4v) is 3.03. The van der Waals surface area contributed by atoms with Gasteiger partial charge < -0.3 is 14.8 Å². The molecule has 4 nitrogen and oxygen atoms in total. The number of rotatable bonds is 7. The number of carbonyl (C=O) groups is 1. The molecule has 0 aromatic heterocycles. The van der Waals surface area contributed by atoms with Crippen molar-refractivity contribution in [3.63, 3.8) is 0 Å². The van der Waals surface area contributed by atoms with Gasteiger partial charge in [-0.05, 0) is 35.9 Å². The number of hydrogen-bond acceptors (Lipinski definition) is 3. The van der Waals surface area contributed by atoms with Gasteiger partial charge in [-0.15, -0.1) is 0 Å². The fraction of sp³-hybridized carbons (Fsp3) is 0.136. The molecule has 6 heteroatoms. The van der Waals surface area contributed by atoms with E-state index in [0.717, 1.165) is 11.1 Å². The number of methoxy groups -OCH3 is 1. The van der Waals surface area contributed by atoms with E-state index in [1.807, 2.05) is 48.5 Å². The summed E-state index contributed by atoms with van der Waals surface area (Å²) in [6.45, 7) is 0.678. The van der Waals surface area contributed by atoms with Gasteiger partial charge in [0.05, 0.1) is 22.7 Å². The van der Waals surface area contributed by atoms with Crippen molar-refractivity contribution in [1.82, 2.24) is 5.32 Å². The molecule has 0 atom stereocenters. The van der Waals surface area contributed by atoms with Crippen LogP contribution in [0.2, 0.25) is 10.0 Å². The van der Waals surface area contributed by atoms with Gasteiger partial charge >= 0.3 is 0 Å². The van der Waals surface area contributed by atoms with Crippen molar-refractivity contribution in [3.8, 4) is 11.5 Å². The van der Waals surface area contributed by atoms with Crippen LogP contribution in [0.4, 0.5) is 0 Å². The van der Waals surface area contributed by atoms with Gasteiger partial charge in [0.1, 0.15) is 18.1 Å². The number of nitrogens with one attached hydrogen (secondary N) is 1. The van der Waals surface area contributed by atoms with Crippen LogP contribution in [0.1, 0.15) is 21.5 Å². The van der Waals surface area contributed by atoms with Crippen LogP contribution in [0, 0.1) is 0 Å². The van der Waals surface area contributed by atoms with Gasteiger partial charge in [-0.1, -0.05) is 59.6 Å². The van der Waals surface area contributed by atoms with Crippen molar-refractivity contribution in [2.45, 2.75) is 13.2 Å². The Morgan fingerprint density at radius 1 is 1.00 bits per heavy atom. The normalized spacial score (nSPS) is 10.4. The predicted molar refractivity (Wildman–Crippen MR) is 111 cm³/mol. The molecule has 0 aliphatic carbocycles. The molecule has 0 saturated heterocycles. The van der Waals surface area contributed by atoms with E-state index in [0.29, 0.717) is 28.7 Å². The van der Waals surface area contributed by atoms with Crippen molar-refractivity contribution in [3.05, 3.63) is 93.5 Å². The number of ether oxygens (including phenoxy) is 2. The van der Waals surface area contributed by atoms with Crippen LogP contribution in [0.25, 0.3) is 0 Å². The first-order valence-electron chi connectivity index (χ1n) is 8.64. The third-order valence-electron chi connectivity index (χ3n) is 4.14. The topological polar surface area (TPSA) is 47.6 Å². The van der Waals surface area contributed by atoms with Gasteiger partial charge in [0.2, 0.25) is 0 Å². The van der Waals surface area contributed by atoms with Crippen molar-refractivity contribution >= 4 is 29.1 Å². The van der Waals surface area contributed by atoms with Crippen LogP contribution in [0.5, 0.6) is 11.5 Å². The monoisotopic (exact) mass is 415 g/mol. The minimum atomic E-state index is -0.315. The third-order valence-corrected chi connectivity index (χ3v) is 4.96. The van der Waals surface area contributed by atoms with Gasteiger partial charge in [-0.2, -0.15) is 0 Å². The minimum Gasteiger partial charge on any atom is -0.497 e. The van der Waals surface area contributed by atoms with Gasteiger partial charge in [-0.3, -0.25) is 4.79 Å². The molecule has 0 spiro atoms. The number of hydrogen-bond donors (Lipinski definition) is 1. The summed E-state index contributed by atoms with van der Waals surface area (Å²) in [6, 6.07) is 20.3. The lowest BCUT2D eigenvalue weighted by Crippen LogP contribution is -2.23. The Morgan fingerprint density at radius 3 is 2.54 bits per heavy atom. The van der Waals surface area contributed by atoms with Gasteiger partial charge in [0.15, 0.2) is 0 Å². The van der Waals surface area contributed by atoms with Crippen LogP contribution in [-0.4, -0.2) is 13.0 Å². The molecular formula is C22H19Cl2NO3. The number of halogens is 2. The summed E-state index contributed by atoms with van der Waals surface area (Å²) in [7, 11) is 1.59. The molecule has 3 rings (SSSR count). The van der Waals surface area contributed by atoms with E-state index in [-0.39, 0.29) is 17.5 Å². The molecule has 3 aromatic carbocycles. The summed E-state index contributed by atoms with van der Waals surface area (Å²) in [6.07, 6.45) is 0. The van der Waals surface area contributed by atoms with Crippen LogP contribution >= 0.6 is 23.2 Å². The van der Waals surface area contributed by atoms with Crippen molar-refractivity contribution in [1.29, 1.82) is 0 Å². The van der Waals surface area contributed by atoms with E-state index in [4.69, 9.17) is 32.7 Å². The van der Waals surface area contributed by atoms with Crippen molar-refractivity contribution in [2.75, 3.05) is 7.11 Å². The maximum atomic E-state index is 12.5. The standard InChI is InChI=1S/C22H19Cl2NO3/c1-27-17-10-11-20(28-14-15-6-3-2-4-7-15)16(12-17)13-25-22(26)18-8-5-9-19(23)21(18)24/h2-12H,13-14H2,1H3,(H,25,26). The summed E-state index contributed by atoms with van der Waals surface area (Å²) in [5, 5.41) is 3.42. The lowest BCUT2D eigenvalue weighted by Gasteiger charge is -2.14.